The number of carbonyl (C=O) groups excluding carboxylic acids is 2. The van der Waals surface area contributed by atoms with Crippen molar-refractivity contribution in [1.82, 2.24) is 5.32 Å². The molecule has 0 aliphatic heterocycles. The van der Waals surface area contributed by atoms with Crippen molar-refractivity contribution >= 4 is 19.7 Å². The number of hydrogen-bond donors (Lipinski definition) is 2. The Labute approximate surface area is 425 Å². The van der Waals surface area contributed by atoms with Crippen LogP contribution in [0.5, 0.6) is 0 Å². The van der Waals surface area contributed by atoms with E-state index in [4.69, 9.17) is 13.8 Å². The molecule has 398 valence electrons. The highest BCUT2D eigenvalue weighted by atomic mass is 31.2. The van der Waals surface area contributed by atoms with E-state index in [2.05, 4.69) is 99.0 Å². The number of nitrogens with zero attached hydrogens (tertiary/aromatic N) is 1. The summed E-state index contributed by atoms with van der Waals surface area (Å²) in [6, 6.07) is -0.872. The molecule has 3 unspecified atom stereocenters. The minimum absolute atomic E-state index is 0.0280. The second-order valence-electron chi connectivity index (χ2n) is 19.7. The molecule has 0 rings (SSSR count). The summed E-state index contributed by atoms with van der Waals surface area (Å²) in [4.78, 5) is 37.5. The van der Waals surface area contributed by atoms with E-state index in [9.17, 15) is 19.0 Å². The van der Waals surface area contributed by atoms with Crippen LogP contribution in [0.4, 0.5) is 0 Å². The van der Waals surface area contributed by atoms with Crippen LogP contribution in [-0.2, 0) is 27.9 Å². The molecule has 0 radical (unpaired) electrons. The molecule has 2 N–H and O–H groups in total. The van der Waals surface area contributed by atoms with Gasteiger partial charge in [0.15, 0.2) is 0 Å². The average Bonchev–Trinajstić information content (AvgIpc) is 3.31. The summed E-state index contributed by atoms with van der Waals surface area (Å²) < 4.78 is 30.5. The highest BCUT2D eigenvalue weighted by Crippen LogP contribution is 2.43. The van der Waals surface area contributed by atoms with E-state index < -0.39 is 20.0 Å². The Balaban J connectivity index is 5.46. The third-order valence-electron chi connectivity index (χ3n) is 11.8. The Hall–Kier alpha value is -2.81. The molecule has 3 atom stereocenters. The molecule has 0 heterocycles. The minimum Gasteiger partial charge on any atom is -0.456 e. The van der Waals surface area contributed by atoms with E-state index in [0.717, 1.165) is 103 Å². The number of hydrogen-bond acceptors (Lipinski definition) is 6. The van der Waals surface area contributed by atoms with E-state index >= 15 is 0 Å². The van der Waals surface area contributed by atoms with Crippen molar-refractivity contribution in [2.24, 2.45) is 0 Å². The topological polar surface area (TPSA) is 111 Å². The zero-order chi connectivity index (χ0) is 50.8. The van der Waals surface area contributed by atoms with Gasteiger partial charge in [-0.3, -0.25) is 18.6 Å². The number of esters is 1. The summed E-state index contributed by atoms with van der Waals surface area (Å²) in [5, 5.41) is 3.02. The van der Waals surface area contributed by atoms with Crippen molar-refractivity contribution in [1.29, 1.82) is 0 Å². The monoisotopic (exact) mass is 986 g/mol. The fraction of sp³-hybridized carbons (Fsp3) is 0.729. The largest absolute Gasteiger partial charge is 0.472 e. The molecule has 0 saturated carbocycles. The predicted octanol–water partition coefficient (Wildman–Crippen LogP) is 16.7. The van der Waals surface area contributed by atoms with Gasteiger partial charge in [0, 0.05) is 12.8 Å². The molecule has 10 heteroatoms. The van der Waals surface area contributed by atoms with Gasteiger partial charge in [-0.2, -0.15) is 0 Å². The number of rotatable bonds is 49. The Morgan fingerprint density at radius 3 is 1.42 bits per heavy atom. The van der Waals surface area contributed by atoms with Crippen LogP contribution in [0.2, 0.25) is 0 Å². The molecule has 0 saturated heterocycles. The molecule has 0 aliphatic rings. The lowest BCUT2D eigenvalue weighted by Crippen LogP contribution is -2.47. The third kappa shape index (κ3) is 49.9. The van der Waals surface area contributed by atoms with E-state index in [0.29, 0.717) is 30.3 Å². The van der Waals surface area contributed by atoms with Crippen LogP contribution in [0.15, 0.2) is 85.1 Å². The maximum atomic E-state index is 13.5. The molecule has 0 spiro atoms. The molecule has 0 aromatic rings. The lowest BCUT2D eigenvalue weighted by atomic mass is 10.0. The van der Waals surface area contributed by atoms with Crippen molar-refractivity contribution in [3.63, 3.8) is 0 Å². The van der Waals surface area contributed by atoms with Gasteiger partial charge in [0.1, 0.15) is 19.3 Å². The second-order valence-corrected chi connectivity index (χ2v) is 21.2. The van der Waals surface area contributed by atoms with Gasteiger partial charge in [0.25, 0.3) is 0 Å². The van der Waals surface area contributed by atoms with Gasteiger partial charge >= 0.3 is 13.8 Å². The van der Waals surface area contributed by atoms with Gasteiger partial charge in [-0.15, -0.1) is 0 Å². The zero-order valence-electron chi connectivity index (χ0n) is 45.3. The standard InChI is InChI=1S/C59H105N2O7P/c1-7-10-13-16-19-22-25-28-30-31-32-33-36-39-42-45-48-51-58(62)60-56(55-67-69(64,65)66-54-53-61(4,5)6)57(50-47-44-41-38-35-27-24-21-18-15-12-9-3)68-59(63)52-49-46-43-40-37-34-29-26-23-20-17-14-11-8-2/h11,14,19-20,22-23,28-30,32-34,47,50,56-57H,7-10,12-13,15-18,21,24-27,31,35-46,48-49,51-55H2,1-6H3,(H-,60,62,64,65)/p+1/b14-11+,22-19-,23-20+,30-28-,33-32-,34-29+,50-47+. The summed E-state index contributed by atoms with van der Waals surface area (Å²) in [6.45, 7) is 6.82. The molecular formula is C59H106N2O7P+. The van der Waals surface area contributed by atoms with Crippen LogP contribution < -0.4 is 5.32 Å². The Kier molecular flexibility index (Phi) is 46.8. The fourth-order valence-electron chi connectivity index (χ4n) is 7.49. The summed E-state index contributed by atoms with van der Waals surface area (Å²) in [5.74, 6) is -0.562. The van der Waals surface area contributed by atoms with Crippen molar-refractivity contribution < 1.29 is 37.3 Å². The lowest BCUT2D eigenvalue weighted by Gasteiger charge is -2.27. The van der Waals surface area contributed by atoms with Gasteiger partial charge in [-0.05, 0) is 102 Å². The Bertz CT molecular complexity index is 1460. The van der Waals surface area contributed by atoms with Gasteiger partial charge in [-0.25, -0.2) is 4.57 Å². The first kappa shape index (κ1) is 66.2. The zero-order valence-corrected chi connectivity index (χ0v) is 46.2. The smallest absolute Gasteiger partial charge is 0.456 e. The molecule has 9 nitrogen and oxygen atoms in total. The van der Waals surface area contributed by atoms with E-state index in [1.807, 2.05) is 33.3 Å². The minimum atomic E-state index is -4.46. The van der Waals surface area contributed by atoms with E-state index in [-0.39, 0.29) is 31.5 Å². The van der Waals surface area contributed by atoms with Gasteiger partial charge < -0.3 is 19.4 Å². The van der Waals surface area contributed by atoms with Gasteiger partial charge in [0.05, 0.1) is 33.8 Å². The van der Waals surface area contributed by atoms with E-state index in [1.54, 1.807) is 0 Å². The number of phosphoric acid groups is 1. The molecule has 1 amide bonds. The molecular weight excluding hydrogens is 880 g/mol. The van der Waals surface area contributed by atoms with Gasteiger partial charge in [-0.1, -0.05) is 196 Å². The number of unbranched alkanes of at least 4 members (excludes halogenated alkanes) is 21. The van der Waals surface area contributed by atoms with Crippen LogP contribution in [0.3, 0.4) is 0 Å². The van der Waals surface area contributed by atoms with Crippen molar-refractivity contribution in [3.8, 4) is 0 Å². The number of phosphoric ester groups is 1. The molecule has 0 aromatic carbocycles. The number of carbonyl (C=O) groups is 2. The van der Waals surface area contributed by atoms with Crippen LogP contribution in [0.25, 0.3) is 0 Å². The maximum Gasteiger partial charge on any atom is 0.472 e. The number of allylic oxidation sites excluding steroid dienone is 13. The molecule has 0 fully saturated rings. The number of nitrogens with one attached hydrogen (secondary N) is 1. The first-order valence-electron chi connectivity index (χ1n) is 27.9. The third-order valence-corrected chi connectivity index (χ3v) is 12.8. The normalized spacial score (nSPS) is 14.5. The van der Waals surface area contributed by atoms with Crippen LogP contribution in [-0.4, -0.2) is 74.3 Å². The lowest BCUT2D eigenvalue weighted by molar-refractivity contribution is -0.870. The quantitative estimate of drug-likeness (QED) is 0.0205. The highest BCUT2D eigenvalue weighted by Gasteiger charge is 2.30. The number of amides is 1. The fourth-order valence-corrected chi connectivity index (χ4v) is 8.22. The van der Waals surface area contributed by atoms with E-state index in [1.165, 1.54) is 77.0 Å². The van der Waals surface area contributed by atoms with Crippen molar-refractivity contribution in [2.75, 3.05) is 40.9 Å². The number of likely N-dealkylation sites (N-methyl/N-ethyl adjacent to an activating group) is 1. The van der Waals surface area contributed by atoms with Gasteiger partial charge in [0.2, 0.25) is 5.91 Å². The maximum absolute atomic E-state index is 13.5. The number of ether oxygens (including phenoxy) is 1. The summed E-state index contributed by atoms with van der Waals surface area (Å²) >= 11 is 0. The Morgan fingerprint density at radius 1 is 0.522 bits per heavy atom. The van der Waals surface area contributed by atoms with Crippen molar-refractivity contribution in [3.05, 3.63) is 85.1 Å². The van der Waals surface area contributed by atoms with Crippen LogP contribution in [0, 0.1) is 0 Å². The SMILES string of the molecule is CC/C=C/C/C=C/C/C=C/CCCCCCC(=O)OC(/C=C/CCCCCCCCCCCC)C(COP(=O)(O)OCC[N+](C)(C)C)NC(=O)CCCCCC/C=C\C/C=C\C/C=C\CCCCC. The number of quaternary nitrogens is 1. The predicted molar refractivity (Wildman–Crippen MR) is 295 cm³/mol. The highest BCUT2D eigenvalue weighted by molar-refractivity contribution is 7.47. The molecule has 69 heavy (non-hydrogen) atoms. The summed E-state index contributed by atoms with van der Waals surface area (Å²) in [5.41, 5.74) is 0. The molecule has 0 bridgehead atoms. The molecule has 0 aromatic heterocycles. The van der Waals surface area contributed by atoms with Crippen molar-refractivity contribution in [2.45, 2.75) is 238 Å². The molecule has 0 aliphatic carbocycles. The first-order valence-corrected chi connectivity index (χ1v) is 29.4. The average molecular weight is 986 g/mol. The Morgan fingerprint density at radius 2 is 0.928 bits per heavy atom. The van der Waals surface area contributed by atoms with Crippen LogP contribution >= 0.6 is 7.82 Å². The summed E-state index contributed by atoms with van der Waals surface area (Å²) in [7, 11) is 1.46. The second kappa shape index (κ2) is 48.8. The van der Waals surface area contributed by atoms with Crippen LogP contribution in [0.1, 0.15) is 226 Å². The first-order chi connectivity index (χ1) is 33.4. The summed E-state index contributed by atoms with van der Waals surface area (Å²) in [6.07, 6.45) is 62.9.